The zero-order valence-corrected chi connectivity index (χ0v) is 34.1. The van der Waals surface area contributed by atoms with Crippen molar-refractivity contribution in [3.8, 4) is 0 Å². The summed E-state index contributed by atoms with van der Waals surface area (Å²) in [6.07, 6.45) is 9.47. The molecule has 3 aliphatic rings. The predicted molar refractivity (Wildman–Crippen MR) is 214 cm³/mol. The lowest BCUT2D eigenvalue weighted by atomic mass is 9.78. The van der Waals surface area contributed by atoms with Crippen molar-refractivity contribution in [2.45, 2.75) is 161 Å². The van der Waals surface area contributed by atoms with Crippen LogP contribution in [0.4, 0.5) is 4.79 Å². The van der Waals surface area contributed by atoms with Gasteiger partial charge in [0.2, 0.25) is 17.6 Å². The third kappa shape index (κ3) is 14.4. The van der Waals surface area contributed by atoms with Gasteiger partial charge in [-0.1, -0.05) is 100.0 Å². The van der Waals surface area contributed by atoms with E-state index in [1.165, 1.54) is 17.4 Å². The minimum Gasteiger partial charge on any atom is -0.379 e. The van der Waals surface area contributed by atoms with Gasteiger partial charge in [-0.2, -0.15) is 0 Å². The quantitative estimate of drug-likeness (QED) is 0.131. The molecule has 0 aromatic rings. The lowest BCUT2D eigenvalue weighted by Gasteiger charge is -2.42. The Bertz CT molecular complexity index is 1300. The van der Waals surface area contributed by atoms with E-state index in [2.05, 4.69) is 41.7 Å². The van der Waals surface area contributed by atoms with Crippen molar-refractivity contribution >= 4 is 39.4 Å². The second-order valence-electron chi connectivity index (χ2n) is 15.0. The van der Waals surface area contributed by atoms with Crippen LogP contribution < -0.4 is 21.3 Å². The summed E-state index contributed by atoms with van der Waals surface area (Å²) in [6, 6.07) is -3.46. The van der Waals surface area contributed by atoms with Gasteiger partial charge in [-0.3, -0.25) is 19.2 Å². The number of carbonyl (C=O) groups excluding carboxylic acids is 5. The molecule has 4 N–H and O–H groups in total. The minimum atomic E-state index is -3.35. The molecule has 0 bridgehead atoms. The van der Waals surface area contributed by atoms with Crippen molar-refractivity contribution in [2.24, 2.45) is 5.41 Å². The molecule has 3 fully saturated rings. The maximum atomic E-state index is 14.1. The average Bonchev–Trinajstić information content (AvgIpc) is 3.60. The number of sulfone groups is 1. The molecule has 0 aromatic carbocycles. The Morgan fingerprint density at radius 3 is 2.21 bits per heavy atom. The predicted octanol–water partition coefficient (Wildman–Crippen LogP) is 5.57. The molecule has 3 rings (SSSR count). The molecule has 4 atom stereocenters. The Labute approximate surface area is 319 Å². The van der Waals surface area contributed by atoms with Crippen LogP contribution >= 0.6 is 0 Å². The lowest BCUT2D eigenvalue weighted by Crippen LogP contribution is -2.62. The van der Waals surface area contributed by atoms with E-state index in [-0.39, 0.29) is 44.1 Å². The van der Waals surface area contributed by atoms with Crippen molar-refractivity contribution in [3.05, 3.63) is 12.7 Å². The van der Waals surface area contributed by atoms with E-state index in [1.54, 1.807) is 0 Å². The highest BCUT2D eigenvalue weighted by atomic mass is 32.2. The van der Waals surface area contributed by atoms with Crippen molar-refractivity contribution < 1.29 is 42.8 Å². The monoisotopic (exact) mass is 764 g/mol. The molecular weight excluding hydrogens is 687 g/mol. The Morgan fingerprint density at radius 2 is 1.65 bits per heavy atom. The molecule has 52 heavy (non-hydrogen) atoms. The fourth-order valence-electron chi connectivity index (χ4n) is 6.77. The number of hydrogen-bond acceptors (Lipinski definition) is 8. The first-order chi connectivity index (χ1) is 24.6. The summed E-state index contributed by atoms with van der Waals surface area (Å²) in [5.74, 6) is -2.54. The third-order valence-corrected chi connectivity index (χ3v) is 11.5. The Kier molecular flexibility index (Phi) is 20.7. The normalized spacial score (nSPS) is 21.7. The number of hydrogen-bond donors (Lipinski definition) is 4. The molecule has 1 unspecified atom stereocenters. The number of nitrogens with zero attached hydrogens (tertiary/aromatic N) is 1. The van der Waals surface area contributed by atoms with Gasteiger partial charge in [0, 0.05) is 24.3 Å². The number of nitrogens with one attached hydrogen (secondary N) is 4. The van der Waals surface area contributed by atoms with E-state index < -0.39 is 73.7 Å². The Morgan fingerprint density at radius 1 is 1.02 bits per heavy atom. The van der Waals surface area contributed by atoms with Gasteiger partial charge >= 0.3 is 6.03 Å². The Balaban J connectivity index is -0.00000143. The van der Waals surface area contributed by atoms with Gasteiger partial charge < -0.3 is 30.9 Å². The molecule has 0 radical (unpaired) electrons. The lowest BCUT2D eigenvalue weighted by molar-refractivity contribution is -0.143. The highest BCUT2D eigenvalue weighted by Crippen LogP contribution is 2.35. The van der Waals surface area contributed by atoms with Crippen molar-refractivity contribution in [2.75, 3.05) is 32.1 Å². The highest BCUT2D eigenvalue weighted by Gasteiger charge is 2.45. The number of ether oxygens (including phenoxy) is 1. The zero-order chi connectivity index (χ0) is 39.5. The van der Waals surface area contributed by atoms with Crippen LogP contribution in [0.3, 0.4) is 0 Å². The van der Waals surface area contributed by atoms with Crippen LogP contribution in [0, 0.1) is 5.41 Å². The molecule has 1 aliphatic carbocycles. The van der Waals surface area contributed by atoms with E-state index in [4.69, 9.17) is 4.74 Å². The van der Waals surface area contributed by atoms with E-state index in [1.807, 2.05) is 41.5 Å². The van der Waals surface area contributed by atoms with Crippen LogP contribution in [0.15, 0.2) is 12.7 Å². The second-order valence-corrected chi connectivity index (χ2v) is 17.4. The molecule has 308 valence electrons. The molecule has 0 spiro atoms. The summed E-state index contributed by atoms with van der Waals surface area (Å²) in [5.41, 5.74) is -1.48. The van der Waals surface area contributed by atoms with Gasteiger partial charge in [-0.05, 0) is 43.9 Å². The van der Waals surface area contributed by atoms with Crippen LogP contribution in [-0.4, -0.2) is 104 Å². The number of Topliss-reactive ketones (excluding diaryl/α,β-unsaturated/α-hetero) is 1. The summed E-state index contributed by atoms with van der Waals surface area (Å²) in [4.78, 5) is 68.0. The standard InChI is InChI=1S/C33H55N5O8S.C3H8.C2H6.4H2/c1-6-8-13-24(26(39)29(41)34-17-7-2)35-28(40)25-14-12-18-38(25)30(42)27(32(3,4)5)36-31(43)37-33(15-10-9-11-16-33)21-23-22-46-19-20-47(23,44)45;1-3-2;1-2;;;;/h7,23-25,27H,2,6,8-22H2,1,3-5H3,(H,34,41)(H,35,40)(H2,36,37,43);3H2,1-2H3;1-2H3;4*1H/t23?,24-,25-,27+;;;;;;/m0....../s1. The molecule has 13 nitrogen and oxygen atoms in total. The SMILES string of the molecule is C=CCNC(=O)C(=O)[C@H](CCCC)NC(=O)[C@@H]1CCCN1C(=O)[C@@H](NC(=O)NC1(CC2COCCS2(=O)=O)CCCCC1)C(C)(C)C.CC.CCC.[HH].[HH].[HH].[HH]. The first-order valence-electron chi connectivity index (χ1n) is 19.5. The maximum Gasteiger partial charge on any atom is 0.315 e. The van der Waals surface area contributed by atoms with Crippen LogP contribution in [-0.2, 0) is 33.8 Å². The van der Waals surface area contributed by atoms with Gasteiger partial charge in [-0.25, -0.2) is 13.2 Å². The van der Waals surface area contributed by atoms with Crippen LogP contribution in [0.2, 0.25) is 0 Å². The number of urea groups is 1. The van der Waals surface area contributed by atoms with Crippen LogP contribution in [0.5, 0.6) is 0 Å². The van der Waals surface area contributed by atoms with Crippen molar-refractivity contribution in [1.82, 2.24) is 26.2 Å². The van der Waals surface area contributed by atoms with Gasteiger partial charge in [0.1, 0.15) is 12.1 Å². The highest BCUT2D eigenvalue weighted by molar-refractivity contribution is 7.92. The molecule has 2 saturated heterocycles. The van der Waals surface area contributed by atoms with E-state index in [9.17, 15) is 32.4 Å². The number of rotatable bonds is 14. The smallest absolute Gasteiger partial charge is 0.315 e. The zero-order valence-electron chi connectivity index (χ0n) is 33.2. The third-order valence-electron chi connectivity index (χ3n) is 9.47. The van der Waals surface area contributed by atoms with Gasteiger partial charge in [0.25, 0.3) is 5.91 Å². The summed E-state index contributed by atoms with van der Waals surface area (Å²) >= 11 is 0. The molecule has 2 heterocycles. The molecule has 14 heteroatoms. The van der Waals surface area contributed by atoms with Gasteiger partial charge in [0.05, 0.1) is 30.3 Å². The number of carbonyl (C=O) groups is 5. The summed E-state index contributed by atoms with van der Waals surface area (Å²) in [6.45, 7) is 19.9. The molecule has 1 saturated carbocycles. The molecular formula is C38H77N5O8S. The maximum absolute atomic E-state index is 14.1. The number of amides is 5. The van der Waals surface area contributed by atoms with E-state index >= 15 is 0 Å². The van der Waals surface area contributed by atoms with E-state index in [0.29, 0.717) is 38.6 Å². The average molecular weight is 764 g/mol. The topological polar surface area (TPSA) is 180 Å². The van der Waals surface area contributed by atoms with E-state index in [0.717, 1.165) is 25.7 Å². The Hall–Kier alpha value is -3.00. The van der Waals surface area contributed by atoms with Crippen molar-refractivity contribution in [1.29, 1.82) is 0 Å². The molecule has 5 amide bonds. The van der Waals surface area contributed by atoms with Crippen LogP contribution in [0.25, 0.3) is 0 Å². The summed E-state index contributed by atoms with van der Waals surface area (Å²) in [7, 11) is -3.35. The summed E-state index contributed by atoms with van der Waals surface area (Å²) < 4.78 is 31.1. The van der Waals surface area contributed by atoms with Gasteiger partial charge in [-0.15, -0.1) is 6.58 Å². The summed E-state index contributed by atoms with van der Waals surface area (Å²) in [5, 5.41) is 10.4. The van der Waals surface area contributed by atoms with Crippen molar-refractivity contribution in [3.63, 3.8) is 0 Å². The fourth-order valence-corrected chi connectivity index (χ4v) is 8.33. The molecule has 2 aliphatic heterocycles. The number of likely N-dealkylation sites (tertiary alicyclic amines) is 1. The first-order valence-corrected chi connectivity index (χ1v) is 21.2. The minimum absolute atomic E-state index is 0. The van der Waals surface area contributed by atoms with Crippen LogP contribution in [0.1, 0.15) is 138 Å². The largest absolute Gasteiger partial charge is 0.379 e. The van der Waals surface area contributed by atoms with Gasteiger partial charge in [0.15, 0.2) is 9.84 Å². The first kappa shape index (κ1) is 47.0. The second kappa shape index (κ2) is 22.9. The molecule has 0 aromatic heterocycles. The fraction of sp³-hybridized carbons (Fsp3) is 0.816. The number of ketones is 1. The number of unbranched alkanes of at least 4 members (excludes halogenated alkanes) is 1.